The molecular weight excluding hydrogens is 468 g/mol. The summed E-state index contributed by atoms with van der Waals surface area (Å²) in [6.07, 6.45) is 0. The van der Waals surface area contributed by atoms with Crippen molar-refractivity contribution in [1.29, 1.82) is 0 Å². The Hall–Kier alpha value is -4.96. The average molecular weight is 497 g/mol. The van der Waals surface area contributed by atoms with Crippen LogP contribution in [-0.2, 0) is 6.54 Å². The van der Waals surface area contributed by atoms with Crippen molar-refractivity contribution >= 4 is 23.2 Å². The minimum Gasteiger partial charge on any atom is -0.322 e. The Kier molecular flexibility index (Phi) is 7.42. The zero-order valence-electron chi connectivity index (χ0n) is 21.2. The Morgan fingerprint density at radius 2 is 1.26 bits per heavy atom. The first-order valence-electron chi connectivity index (χ1n) is 12.6. The van der Waals surface area contributed by atoms with Crippen LogP contribution >= 0.6 is 0 Å². The second-order valence-corrected chi connectivity index (χ2v) is 9.16. The summed E-state index contributed by atoms with van der Waals surface area (Å²) < 4.78 is 0. The van der Waals surface area contributed by atoms with E-state index < -0.39 is 0 Å². The van der Waals surface area contributed by atoms with Crippen molar-refractivity contribution in [3.8, 4) is 11.1 Å². The molecule has 0 bridgehead atoms. The minimum atomic E-state index is -0.200. The number of aryl methyl sites for hydroxylation is 1. The van der Waals surface area contributed by atoms with Crippen LogP contribution in [0.15, 0.2) is 133 Å². The summed E-state index contributed by atoms with van der Waals surface area (Å²) in [7, 11) is 0. The molecule has 0 saturated carbocycles. The monoisotopic (exact) mass is 496 g/mol. The third-order valence-corrected chi connectivity index (χ3v) is 6.42. The van der Waals surface area contributed by atoms with Crippen LogP contribution in [0, 0.1) is 6.92 Å². The van der Waals surface area contributed by atoms with Crippen LogP contribution in [0.5, 0.6) is 0 Å². The molecule has 186 valence electrons. The largest absolute Gasteiger partial charge is 0.322 e. The molecule has 0 saturated heterocycles. The highest BCUT2D eigenvalue weighted by molar-refractivity contribution is 6.09. The molecule has 0 radical (unpaired) electrons. The Bertz CT molecular complexity index is 1530. The van der Waals surface area contributed by atoms with Gasteiger partial charge < -0.3 is 10.2 Å². The third kappa shape index (κ3) is 5.71. The molecule has 0 unspecified atom stereocenters. The first-order chi connectivity index (χ1) is 18.6. The number of carbonyl (C=O) groups is 2. The molecular formula is C34H28N2O2. The number of nitrogens with zero attached hydrogens (tertiary/aromatic N) is 1. The number of nitrogens with one attached hydrogen (secondary N) is 1. The van der Waals surface area contributed by atoms with Gasteiger partial charge in [-0.25, -0.2) is 0 Å². The Labute approximate surface area is 223 Å². The average Bonchev–Trinajstić information content (AvgIpc) is 2.97. The highest BCUT2D eigenvalue weighted by Crippen LogP contribution is 2.25. The van der Waals surface area contributed by atoms with E-state index in [4.69, 9.17) is 0 Å². The maximum absolute atomic E-state index is 13.6. The first-order valence-corrected chi connectivity index (χ1v) is 12.6. The molecule has 0 aliphatic rings. The van der Waals surface area contributed by atoms with Gasteiger partial charge in [0.25, 0.3) is 11.8 Å². The summed E-state index contributed by atoms with van der Waals surface area (Å²) in [5, 5.41) is 2.98. The van der Waals surface area contributed by atoms with E-state index in [0.717, 1.165) is 27.9 Å². The predicted molar refractivity (Wildman–Crippen MR) is 154 cm³/mol. The van der Waals surface area contributed by atoms with Crippen molar-refractivity contribution in [1.82, 2.24) is 0 Å². The van der Waals surface area contributed by atoms with Gasteiger partial charge in [-0.3, -0.25) is 9.59 Å². The van der Waals surface area contributed by atoms with Gasteiger partial charge in [-0.05, 0) is 66.1 Å². The third-order valence-electron chi connectivity index (χ3n) is 6.42. The van der Waals surface area contributed by atoms with E-state index in [2.05, 4.69) is 5.32 Å². The lowest BCUT2D eigenvalue weighted by Gasteiger charge is -2.23. The number of hydrogen-bond donors (Lipinski definition) is 1. The standard InChI is InChI=1S/C34H28N2O2/c1-25-16-22-30(23-17-25)36(24-26-10-4-2-5-11-26)34(38)28-18-20-29(21-19-28)35-33(37)32-15-9-8-14-31(32)27-12-6-3-7-13-27/h2-23H,24H2,1H3,(H,35,37). The van der Waals surface area contributed by atoms with Crippen molar-refractivity contribution in [2.24, 2.45) is 0 Å². The molecule has 0 heterocycles. The van der Waals surface area contributed by atoms with Crippen LogP contribution in [0.4, 0.5) is 11.4 Å². The van der Waals surface area contributed by atoms with Crippen LogP contribution in [0.1, 0.15) is 31.8 Å². The van der Waals surface area contributed by atoms with Crippen LogP contribution < -0.4 is 10.2 Å². The van der Waals surface area contributed by atoms with E-state index in [9.17, 15) is 9.59 Å². The zero-order valence-corrected chi connectivity index (χ0v) is 21.2. The summed E-state index contributed by atoms with van der Waals surface area (Å²) >= 11 is 0. The van der Waals surface area contributed by atoms with E-state index >= 15 is 0 Å². The lowest BCUT2D eigenvalue weighted by atomic mass is 9.99. The van der Waals surface area contributed by atoms with Crippen LogP contribution in [0.2, 0.25) is 0 Å². The molecule has 5 rings (SSSR count). The summed E-state index contributed by atoms with van der Waals surface area (Å²) in [5.41, 5.74) is 6.62. The maximum atomic E-state index is 13.6. The van der Waals surface area contributed by atoms with Crippen molar-refractivity contribution in [2.75, 3.05) is 10.2 Å². The second-order valence-electron chi connectivity index (χ2n) is 9.16. The topological polar surface area (TPSA) is 49.4 Å². The van der Waals surface area contributed by atoms with Gasteiger partial charge in [0.2, 0.25) is 0 Å². The van der Waals surface area contributed by atoms with Crippen molar-refractivity contribution in [2.45, 2.75) is 13.5 Å². The number of benzene rings is 5. The predicted octanol–water partition coefficient (Wildman–Crippen LogP) is 7.76. The molecule has 0 aliphatic heterocycles. The first kappa shape index (κ1) is 24.7. The highest BCUT2D eigenvalue weighted by Gasteiger charge is 2.19. The van der Waals surface area contributed by atoms with Crippen LogP contribution in [0.25, 0.3) is 11.1 Å². The molecule has 4 heteroatoms. The summed E-state index contributed by atoms with van der Waals surface area (Å²) in [6, 6.07) is 42.3. The molecule has 0 fully saturated rings. The van der Waals surface area contributed by atoms with Gasteiger partial charge in [0, 0.05) is 22.5 Å². The van der Waals surface area contributed by atoms with E-state index in [1.807, 2.05) is 116 Å². The van der Waals surface area contributed by atoms with Gasteiger partial charge in [0.05, 0.1) is 6.54 Å². The van der Waals surface area contributed by atoms with Crippen molar-refractivity contribution < 1.29 is 9.59 Å². The van der Waals surface area contributed by atoms with Gasteiger partial charge in [-0.2, -0.15) is 0 Å². The summed E-state index contributed by atoms with van der Waals surface area (Å²) in [6.45, 7) is 2.48. The van der Waals surface area contributed by atoms with Gasteiger partial charge in [0.15, 0.2) is 0 Å². The molecule has 4 nitrogen and oxygen atoms in total. The Morgan fingerprint density at radius 3 is 1.95 bits per heavy atom. The fourth-order valence-corrected chi connectivity index (χ4v) is 4.37. The highest BCUT2D eigenvalue weighted by atomic mass is 16.2. The summed E-state index contributed by atoms with van der Waals surface area (Å²) in [5.74, 6) is -0.307. The van der Waals surface area contributed by atoms with Gasteiger partial charge in [-0.1, -0.05) is 96.6 Å². The smallest absolute Gasteiger partial charge is 0.258 e. The lowest BCUT2D eigenvalue weighted by Crippen LogP contribution is -2.30. The SMILES string of the molecule is Cc1ccc(N(Cc2ccccc2)C(=O)c2ccc(NC(=O)c3ccccc3-c3ccccc3)cc2)cc1. The van der Waals surface area contributed by atoms with Crippen molar-refractivity contribution in [3.05, 3.63) is 156 Å². The number of hydrogen-bond acceptors (Lipinski definition) is 2. The quantitative estimate of drug-likeness (QED) is 0.250. The fourth-order valence-electron chi connectivity index (χ4n) is 4.37. The second kappa shape index (κ2) is 11.4. The van der Waals surface area contributed by atoms with Gasteiger partial charge in [0.1, 0.15) is 0 Å². The molecule has 2 amide bonds. The molecule has 0 aliphatic carbocycles. The van der Waals surface area contributed by atoms with E-state index in [0.29, 0.717) is 23.4 Å². The van der Waals surface area contributed by atoms with E-state index in [1.165, 1.54) is 0 Å². The molecule has 5 aromatic rings. The molecule has 38 heavy (non-hydrogen) atoms. The maximum Gasteiger partial charge on any atom is 0.258 e. The number of rotatable bonds is 7. The molecule has 5 aromatic carbocycles. The van der Waals surface area contributed by atoms with Crippen molar-refractivity contribution in [3.63, 3.8) is 0 Å². The normalized spacial score (nSPS) is 10.6. The van der Waals surface area contributed by atoms with Crippen LogP contribution in [0.3, 0.4) is 0 Å². The summed E-state index contributed by atoms with van der Waals surface area (Å²) in [4.78, 5) is 28.6. The zero-order chi connectivity index (χ0) is 26.3. The molecule has 0 atom stereocenters. The fraction of sp³-hybridized carbons (Fsp3) is 0.0588. The number of amides is 2. The van der Waals surface area contributed by atoms with E-state index in [1.54, 1.807) is 29.2 Å². The minimum absolute atomic E-state index is 0.106. The van der Waals surface area contributed by atoms with E-state index in [-0.39, 0.29) is 11.8 Å². The molecule has 1 N–H and O–H groups in total. The lowest BCUT2D eigenvalue weighted by molar-refractivity contribution is 0.0984. The number of anilines is 2. The van der Waals surface area contributed by atoms with Crippen LogP contribution in [-0.4, -0.2) is 11.8 Å². The molecule has 0 spiro atoms. The van der Waals surface area contributed by atoms with Gasteiger partial charge >= 0.3 is 0 Å². The number of carbonyl (C=O) groups excluding carboxylic acids is 2. The molecule has 0 aromatic heterocycles. The Morgan fingerprint density at radius 1 is 0.658 bits per heavy atom. The Balaban J connectivity index is 1.36. The van der Waals surface area contributed by atoms with Gasteiger partial charge in [-0.15, -0.1) is 0 Å².